The highest BCUT2D eigenvalue weighted by Crippen LogP contribution is 2.31. The van der Waals surface area contributed by atoms with Crippen LogP contribution in [0.1, 0.15) is 37.7 Å². The minimum atomic E-state index is -0.534. The molecule has 0 bridgehead atoms. The molecule has 5 aromatic rings. The fourth-order valence-electron chi connectivity index (χ4n) is 4.05. The van der Waals surface area contributed by atoms with Gasteiger partial charge in [0.25, 0.3) is 0 Å². The number of nitriles is 1. The van der Waals surface area contributed by atoms with Crippen molar-refractivity contribution < 1.29 is 13.7 Å². The Bertz CT molecular complexity index is 1680. The lowest BCUT2D eigenvalue weighted by Crippen LogP contribution is -2.15. The van der Waals surface area contributed by atoms with Crippen LogP contribution < -0.4 is 5.32 Å². The van der Waals surface area contributed by atoms with Crippen molar-refractivity contribution in [3.05, 3.63) is 77.8 Å². The first-order chi connectivity index (χ1) is 17.6. The number of rotatable bonds is 5. The second-order valence-corrected chi connectivity index (χ2v) is 9.87. The molecule has 0 saturated carbocycles. The van der Waals surface area contributed by atoms with E-state index in [1.807, 2.05) is 34.0 Å². The fraction of sp³-hybridized carbons (Fsp3) is 0.222. The molecule has 5 rings (SSSR count). The highest BCUT2D eigenvalue weighted by Gasteiger charge is 2.21. The van der Waals surface area contributed by atoms with Gasteiger partial charge in [-0.15, -0.1) is 0 Å². The number of benzene rings is 1. The number of pyridine rings is 1. The van der Waals surface area contributed by atoms with Gasteiger partial charge in [0.1, 0.15) is 17.6 Å². The summed E-state index contributed by atoms with van der Waals surface area (Å²) >= 11 is 0. The van der Waals surface area contributed by atoms with Gasteiger partial charge >= 0.3 is 0 Å². The van der Waals surface area contributed by atoms with Crippen LogP contribution in [0, 0.1) is 17.1 Å². The largest absolute Gasteiger partial charge is 0.359 e. The van der Waals surface area contributed by atoms with Gasteiger partial charge in [-0.3, -0.25) is 9.48 Å². The summed E-state index contributed by atoms with van der Waals surface area (Å²) in [4.78, 5) is 12.5. The molecule has 0 atom stereocenters. The number of fused-ring (bicyclic) bond motifs is 1. The van der Waals surface area contributed by atoms with Crippen molar-refractivity contribution in [2.24, 2.45) is 7.05 Å². The number of nitrogens with one attached hydrogen (secondary N) is 1. The van der Waals surface area contributed by atoms with Crippen molar-refractivity contribution in [2.45, 2.75) is 32.6 Å². The third-order valence-electron chi connectivity index (χ3n) is 6.00. The Kier molecular flexibility index (Phi) is 5.84. The summed E-state index contributed by atoms with van der Waals surface area (Å²) in [7, 11) is 1.82. The van der Waals surface area contributed by atoms with Gasteiger partial charge in [-0.2, -0.15) is 15.5 Å². The highest BCUT2D eigenvalue weighted by atomic mass is 19.1. The van der Waals surface area contributed by atoms with E-state index in [0.29, 0.717) is 28.0 Å². The number of hydrogen-bond donors (Lipinski definition) is 1. The molecule has 37 heavy (non-hydrogen) atoms. The van der Waals surface area contributed by atoms with E-state index in [-0.39, 0.29) is 23.2 Å². The third kappa shape index (κ3) is 4.71. The fourth-order valence-corrected chi connectivity index (χ4v) is 4.05. The molecule has 1 N–H and O–H groups in total. The van der Waals surface area contributed by atoms with E-state index in [1.54, 1.807) is 52.1 Å². The van der Waals surface area contributed by atoms with Crippen LogP contribution in [0.4, 0.5) is 10.2 Å². The molecule has 10 heteroatoms. The Balaban J connectivity index is 1.39. The summed E-state index contributed by atoms with van der Waals surface area (Å²) in [6.07, 6.45) is 6.80. The van der Waals surface area contributed by atoms with E-state index in [0.717, 1.165) is 11.1 Å². The van der Waals surface area contributed by atoms with Gasteiger partial charge in [-0.1, -0.05) is 38.1 Å². The second kappa shape index (κ2) is 9.02. The predicted molar refractivity (Wildman–Crippen MR) is 135 cm³/mol. The zero-order chi connectivity index (χ0) is 26.3. The SMILES string of the molecule is Cn1cc(-c2cc(C#N)c3c(-c4ccc(CC(=O)Nc5cc(C(C)(C)C)on5)c(F)c4)cnn3c2)cn1. The molecule has 4 heterocycles. The topological polar surface area (TPSA) is 114 Å². The minimum Gasteiger partial charge on any atom is -0.359 e. The number of carbonyl (C=O) groups excluding carboxylic acids is 1. The standard InChI is InChI=1S/C27H24FN7O2/c1-27(2,3)23-10-24(33-37-23)32-25(36)9-17-6-5-16(8-22(17)28)21-13-31-35-15-19(7-18(11-29)26(21)35)20-12-30-34(4)14-20/h5-8,10,12-15H,9H2,1-4H3,(H,32,33,36). The van der Waals surface area contributed by atoms with Gasteiger partial charge < -0.3 is 9.84 Å². The quantitative estimate of drug-likeness (QED) is 0.370. The first kappa shape index (κ1) is 23.9. The predicted octanol–water partition coefficient (Wildman–Crippen LogP) is 4.88. The Morgan fingerprint density at radius 1 is 1.11 bits per heavy atom. The number of nitrogens with zero attached hydrogens (tertiary/aromatic N) is 6. The van der Waals surface area contributed by atoms with Crippen LogP contribution in [0.15, 0.2) is 59.6 Å². The molecule has 0 aliphatic rings. The van der Waals surface area contributed by atoms with Crippen LogP contribution in [0.2, 0.25) is 0 Å². The maximum absolute atomic E-state index is 15.1. The van der Waals surface area contributed by atoms with Crippen molar-refractivity contribution in [3.8, 4) is 28.3 Å². The first-order valence-electron chi connectivity index (χ1n) is 11.6. The molecule has 0 radical (unpaired) electrons. The van der Waals surface area contributed by atoms with Gasteiger partial charge in [0.2, 0.25) is 5.91 Å². The van der Waals surface area contributed by atoms with Crippen LogP contribution in [0.5, 0.6) is 0 Å². The Morgan fingerprint density at radius 3 is 2.57 bits per heavy atom. The number of amides is 1. The van der Waals surface area contributed by atoms with Gasteiger partial charge in [0, 0.05) is 47.6 Å². The van der Waals surface area contributed by atoms with Crippen LogP contribution in [0.3, 0.4) is 0 Å². The number of anilines is 1. The Labute approximate surface area is 212 Å². The van der Waals surface area contributed by atoms with Gasteiger partial charge in [-0.25, -0.2) is 8.91 Å². The van der Waals surface area contributed by atoms with E-state index in [4.69, 9.17) is 4.52 Å². The maximum atomic E-state index is 15.1. The molecule has 9 nitrogen and oxygen atoms in total. The summed E-state index contributed by atoms with van der Waals surface area (Å²) in [5, 5.41) is 24.9. The van der Waals surface area contributed by atoms with Crippen LogP contribution in [0.25, 0.3) is 27.8 Å². The number of carbonyl (C=O) groups is 1. The van der Waals surface area contributed by atoms with Crippen molar-refractivity contribution in [2.75, 3.05) is 5.32 Å². The van der Waals surface area contributed by atoms with E-state index in [1.165, 1.54) is 6.07 Å². The molecule has 0 spiro atoms. The van der Waals surface area contributed by atoms with Crippen molar-refractivity contribution in [1.29, 1.82) is 5.26 Å². The highest BCUT2D eigenvalue weighted by molar-refractivity contribution is 5.92. The molecule has 0 unspecified atom stereocenters. The monoisotopic (exact) mass is 497 g/mol. The van der Waals surface area contributed by atoms with Gasteiger partial charge in [0.15, 0.2) is 5.82 Å². The molecule has 0 aliphatic carbocycles. The average molecular weight is 498 g/mol. The molecule has 0 aliphatic heterocycles. The molecule has 0 fully saturated rings. The summed E-state index contributed by atoms with van der Waals surface area (Å²) in [6, 6.07) is 10.3. The molecular weight excluding hydrogens is 473 g/mol. The number of aryl methyl sites for hydroxylation is 1. The normalized spacial score (nSPS) is 11.6. The summed E-state index contributed by atoms with van der Waals surface area (Å²) in [5.41, 5.74) is 3.77. The van der Waals surface area contributed by atoms with Crippen LogP contribution in [-0.2, 0) is 23.7 Å². The van der Waals surface area contributed by atoms with Crippen molar-refractivity contribution in [1.82, 2.24) is 24.6 Å². The number of halogens is 1. The molecule has 1 aromatic carbocycles. The number of aromatic nitrogens is 5. The first-order valence-corrected chi connectivity index (χ1v) is 11.6. The molecular formula is C27H24FN7O2. The second-order valence-electron chi connectivity index (χ2n) is 9.87. The molecule has 4 aromatic heterocycles. The summed E-state index contributed by atoms with van der Waals surface area (Å²) < 4.78 is 23.6. The van der Waals surface area contributed by atoms with Crippen LogP contribution in [-0.4, -0.2) is 30.5 Å². The van der Waals surface area contributed by atoms with Crippen molar-refractivity contribution >= 4 is 17.2 Å². The van der Waals surface area contributed by atoms with E-state index in [2.05, 4.69) is 26.7 Å². The Morgan fingerprint density at radius 2 is 1.92 bits per heavy atom. The molecule has 186 valence electrons. The zero-order valence-electron chi connectivity index (χ0n) is 20.8. The summed E-state index contributed by atoms with van der Waals surface area (Å²) in [5.74, 6) is -0.0249. The number of hydrogen-bond acceptors (Lipinski definition) is 6. The third-order valence-corrected chi connectivity index (χ3v) is 6.00. The lowest BCUT2D eigenvalue weighted by molar-refractivity contribution is -0.115. The lowest BCUT2D eigenvalue weighted by atomic mass is 9.93. The smallest absolute Gasteiger partial charge is 0.230 e. The maximum Gasteiger partial charge on any atom is 0.230 e. The molecule has 0 saturated heterocycles. The van der Waals surface area contributed by atoms with Gasteiger partial charge in [0.05, 0.1) is 29.9 Å². The van der Waals surface area contributed by atoms with E-state index >= 15 is 4.39 Å². The van der Waals surface area contributed by atoms with Gasteiger partial charge in [-0.05, 0) is 23.3 Å². The zero-order valence-corrected chi connectivity index (χ0v) is 20.8. The Hall–Kier alpha value is -4.78. The van der Waals surface area contributed by atoms with E-state index in [9.17, 15) is 10.1 Å². The van der Waals surface area contributed by atoms with Crippen LogP contribution >= 0.6 is 0 Å². The molecule has 1 amide bonds. The van der Waals surface area contributed by atoms with Crippen molar-refractivity contribution in [3.63, 3.8) is 0 Å². The lowest BCUT2D eigenvalue weighted by Gasteiger charge is -2.12. The average Bonchev–Trinajstić information content (AvgIpc) is 3.59. The summed E-state index contributed by atoms with van der Waals surface area (Å²) in [6.45, 7) is 5.91. The van der Waals surface area contributed by atoms with E-state index < -0.39 is 11.7 Å². The minimum absolute atomic E-state index is 0.170.